The first kappa shape index (κ1) is 23.3. The molecule has 172 valence electrons. The van der Waals surface area contributed by atoms with E-state index in [0.717, 1.165) is 60.2 Å². The van der Waals surface area contributed by atoms with E-state index in [4.69, 9.17) is 9.47 Å². The van der Waals surface area contributed by atoms with E-state index in [1.165, 1.54) is 44.6 Å². The summed E-state index contributed by atoms with van der Waals surface area (Å²) in [6.07, 6.45) is 5.84. The molecule has 0 amide bonds. The second-order valence-corrected chi connectivity index (χ2v) is 8.28. The molecule has 0 saturated carbocycles. The third-order valence-electron chi connectivity index (χ3n) is 6.32. The van der Waals surface area contributed by atoms with Crippen LogP contribution in [0.3, 0.4) is 0 Å². The standard InChI is InChI=1S/C24H39N5O2/c1-5-29-13-9-18(10-14-29)8-12-27-24(25-2)26-11-6-7-19-15-21-22(28-19)16-20(30-3)17-23(21)31-4/h15-18,28H,5-14H2,1-4H3,(H2,25,26,27). The summed E-state index contributed by atoms with van der Waals surface area (Å²) < 4.78 is 10.9. The molecule has 1 fully saturated rings. The average Bonchev–Trinajstić information content (AvgIpc) is 3.23. The molecule has 7 nitrogen and oxygen atoms in total. The Labute approximate surface area is 186 Å². The van der Waals surface area contributed by atoms with Crippen LogP contribution in [0.25, 0.3) is 10.9 Å². The van der Waals surface area contributed by atoms with Crippen LogP contribution in [0.15, 0.2) is 23.2 Å². The number of hydrogen-bond acceptors (Lipinski definition) is 4. The quantitative estimate of drug-likeness (QED) is 0.307. The Balaban J connectivity index is 1.38. The van der Waals surface area contributed by atoms with Gasteiger partial charge in [0.2, 0.25) is 0 Å². The Hall–Kier alpha value is -2.41. The van der Waals surface area contributed by atoms with E-state index < -0.39 is 0 Å². The summed E-state index contributed by atoms with van der Waals surface area (Å²) in [5, 5.41) is 8.01. The van der Waals surface area contributed by atoms with Crippen LogP contribution in [0.2, 0.25) is 0 Å². The minimum atomic E-state index is 0.796. The van der Waals surface area contributed by atoms with E-state index in [1.807, 2.05) is 19.2 Å². The Morgan fingerprint density at radius 3 is 2.58 bits per heavy atom. The average molecular weight is 430 g/mol. The lowest BCUT2D eigenvalue weighted by molar-refractivity contribution is 0.187. The third kappa shape index (κ3) is 6.53. The van der Waals surface area contributed by atoms with Crippen molar-refractivity contribution in [3.8, 4) is 11.5 Å². The van der Waals surface area contributed by atoms with Gasteiger partial charge in [-0.05, 0) is 63.7 Å². The first-order valence-corrected chi connectivity index (χ1v) is 11.6. The predicted molar refractivity (Wildman–Crippen MR) is 129 cm³/mol. The SMILES string of the molecule is CCN1CCC(CCNC(=NC)NCCCc2cc3c(OC)cc(OC)cc3[nH]2)CC1. The van der Waals surface area contributed by atoms with Crippen molar-refractivity contribution in [2.75, 3.05) is 54.0 Å². The summed E-state index contributed by atoms with van der Waals surface area (Å²) >= 11 is 0. The molecule has 3 N–H and O–H groups in total. The van der Waals surface area contributed by atoms with Gasteiger partial charge in [-0.2, -0.15) is 0 Å². The highest BCUT2D eigenvalue weighted by Gasteiger charge is 2.17. The fraction of sp³-hybridized carbons (Fsp3) is 0.625. The van der Waals surface area contributed by atoms with Crippen LogP contribution >= 0.6 is 0 Å². The Kier molecular flexibility index (Phi) is 8.88. The Morgan fingerprint density at radius 2 is 1.90 bits per heavy atom. The maximum absolute atomic E-state index is 5.51. The van der Waals surface area contributed by atoms with E-state index in [-0.39, 0.29) is 0 Å². The van der Waals surface area contributed by atoms with E-state index in [2.05, 4.69) is 38.5 Å². The summed E-state index contributed by atoms with van der Waals surface area (Å²) in [6.45, 7) is 7.80. The minimum Gasteiger partial charge on any atom is -0.497 e. The van der Waals surface area contributed by atoms with E-state index >= 15 is 0 Å². The van der Waals surface area contributed by atoms with Gasteiger partial charge in [0.25, 0.3) is 0 Å². The second-order valence-electron chi connectivity index (χ2n) is 8.28. The molecule has 0 spiro atoms. The van der Waals surface area contributed by atoms with Crippen molar-refractivity contribution < 1.29 is 9.47 Å². The Bertz CT molecular complexity index is 840. The molecule has 2 aromatic rings. The van der Waals surface area contributed by atoms with Gasteiger partial charge in [-0.3, -0.25) is 4.99 Å². The van der Waals surface area contributed by atoms with Crippen LogP contribution in [0.4, 0.5) is 0 Å². The number of H-pyrrole nitrogens is 1. The molecule has 0 radical (unpaired) electrons. The number of piperidine rings is 1. The first-order chi connectivity index (χ1) is 15.2. The zero-order chi connectivity index (χ0) is 22.1. The van der Waals surface area contributed by atoms with Crippen molar-refractivity contribution >= 4 is 16.9 Å². The molecule has 1 saturated heterocycles. The zero-order valence-corrected chi connectivity index (χ0v) is 19.6. The molecule has 1 aromatic carbocycles. The third-order valence-corrected chi connectivity index (χ3v) is 6.32. The van der Waals surface area contributed by atoms with Crippen molar-refractivity contribution in [3.05, 3.63) is 23.9 Å². The topological polar surface area (TPSA) is 73.9 Å². The maximum atomic E-state index is 5.51. The molecule has 1 aliphatic heterocycles. The van der Waals surface area contributed by atoms with Crippen LogP contribution in [0.1, 0.15) is 38.3 Å². The number of aliphatic imine (C=N–C) groups is 1. The van der Waals surface area contributed by atoms with Crippen molar-refractivity contribution in [1.82, 2.24) is 20.5 Å². The maximum Gasteiger partial charge on any atom is 0.190 e. The molecule has 0 unspecified atom stereocenters. The van der Waals surface area contributed by atoms with Crippen LogP contribution in [0, 0.1) is 5.92 Å². The van der Waals surface area contributed by atoms with Gasteiger partial charge < -0.3 is 30.0 Å². The lowest BCUT2D eigenvalue weighted by Gasteiger charge is -2.31. The van der Waals surface area contributed by atoms with E-state index in [9.17, 15) is 0 Å². The van der Waals surface area contributed by atoms with Gasteiger partial charge in [0.1, 0.15) is 11.5 Å². The highest BCUT2D eigenvalue weighted by molar-refractivity contribution is 5.88. The summed E-state index contributed by atoms with van der Waals surface area (Å²) in [4.78, 5) is 10.4. The van der Waals surface area contributed by atoms with Gasteiger partial charge >= 0.3 is 0 Å². The number of rotatable bonds is 10. The number of fused-ring (bicyclic) bond motifs is 1. The highest BCUT2D eigenvalue weighted by atomic mass is 16.5. The van der Waals surface area contributed by atoms with Crippen molar-refractivity contribution in [3.63, 3.8) is 0 Å². The van der Waals surface area contributed by atoms with E-state index in [0.29, 0.717) is 0 Å². The molecule has 31 heavy (non-hydrogen) atoms. The smallest absolute Gasteiger partial charge is 0.190 e. The molecule has 1 aromatic heterocycles. The van der Waals surface area contributed by atoms with Crippen molar-refractivity contribution in [2.24, 2.45) is 10.9 Å². The van der Waals surface area contributed by atoms with Crippen LogP contribution < -0.4 is 20.1 Å². The lowest BCUT2D eigenvalue weighted by Crippen LogP contribution is -2.39. The molecular weight excluding hydrogens is 390 g/mol. The number of aromatic amines is 1. The highest BCUT2D eigenvalue weighted by Crippen LogP contribution is 2.31. The molecule has 0 atom stereocenters. The van der Waals surface area contributed by atoms with Crippen LogP contribution in [0.5, 0.6) is 11.5 Å². The Morgan fingerprint density at radius 1 is 1.13 bits per heavy atom. The number of nitrogens with zero attached hydrogens (tertiary/aromatic N) is 2. The molecular formula is C24H39N5O2. The number of aryl methyl sites for hydroxylation is 1. The lowest BCUT2D eigenvalue weighted by atomic mass is 9.93. The summed E-state index contributed by atoms with van der Waals surface area (Å²) in [7, 11) is 5.20. The zero-order valence-electron chi connectivity index (χ0n) is 19.6. The predicted octanol–water partition coefficient (Wildman–Crippen LogP) is 3.40. The molecule has 7 heteroatoms. The second kappa shape index (κ2) is 11.8. The molecule has 0 aliphatic carbocycles. The molecule has 3 rings (SSSR count). The summed E-state index contributed by atoms with van der Waals surface area (Å²) in [5.41, 5.74) is 2.24. The number of methoxy groups -OCH3 is 2. The number of likely N-dealkylation sites (tertiary alicyclic amines) is 1. The number of nitrogens with one attached hydrogen (secondary N) is 3. The van der Waals surface area contributed by atoms with Gasteiger partial charge in [0.05, 0.1) is 19.7 Å². The number of aromatic nitrogens is 1. The fourth-order valence-corrected chi connectivity index (χ4v) is 4.35. The van der Waals surface area contributed by atoms with Gasteiger partial charge in [0, 0.05) is 43.4 Å². The van der Waals surface area contributed by atoms with Gasteiger partial charge in [-0.25, -0.2) is 0 Å². The fourth-order valence-electron chi connectivity index (χ4n) is 4.35. The number of hydrogen-bond donors (Lipinski definition) is 3. The molecule has 2 heterocycles. The van der Waals surface area contributed by atoms with Crippen molar-refractivity contribution in [2.45, 2.75) is 39.0 Å². The largest absolute Gasteiger partial charge is 0.497 e. The summed E-state index contributed by atoms with van der Waals surface area (Å²) in [6, 6.07) is 6.10. The van der Waals surface area contributed by atoms with Crippen LogP contribution in [-0.2, 0) is 6.42 Å². The minimum absolute atomic E-state index is 0.796. The molecule has 0 bridgehead atoms. The molecule has 1 aliphatic rings. The normalized spacial score (nSPS) is 15.9. The van der Waals surface area contributed by atoms with Gasteiger partial charge in [-0.15, -0.1) is 0 Å². The number of ether oxygens (including phenoxy) is 2. The number of guanidine groups is 1. The first-order valence-electron chi connectivity index (χ1n) is 11.6. The van der Waals surface area contributed by atoms with Crippen molar-refractivity contribution in [1.29, 1.82) is 0 Å². The van der Waals surface area contributed by atoms with Gasteiger partial charge in [-0.1, -0.05) is 6.92 Å². The summed E-state index contributed by atoms with van der Waals surface area (Å²) in [5.74, 6) is 3.37. The van der Waals surface area contributed by atoms with Crippen LogP contribution in [-0.4, -0.2) is 69.8 Å². The number of benzene rings is 1. The monoisotopic (exact) mass is 429 g/mol. The van der Waals surface area contributed by atoms with E-state index in [1.54, 1.807) is 14.2 Å². The van der Waals surface area contributed by atoms with Gasteiger partial charge in [0.15, 0.2) is 5.96 Å².